The Kier molecular flexibility index (Phi) is 5.44. The molecule has 0 radical (unpaired) electrons. The van der Waals surface area contributed by atoms with Gasteiger partial charge in [-0.05, 0) is 25.0 Å². The molecule has 0 aliphatic rings. The Hall–Kier alpha value is -1.26. The number of nitrogens with two attached hydrogens (primary N) is 1. The molecule has 5 heteroatoms. The number of carbonyl (C=O) groups excluding carboxylic acids is 1. The van der Waals surface area contributed by atoms with E-state index in [1.54, 1.807) is 12.1 Å². The summed E-state index contributed by atoms with van der Waals surface area (Å²) < 4.78 is 5.18. The first kappa shape index (κ1) is 14.8. The van der Waals surface area contributed by atoms with Crippen LogP contribution in [0.25, 0.3) is 0 Å². The molecule has 0 aliphatic heterocycles. The highest BCUT2D eigenvalue weighted by Crippen LogP contribution is 2.30. The summed E-state index contributed by atoms with van der Waals surface area (Å²) in [6.45, 7) is 3.85. The van der Waals surface area contributed by atoms with Gasteiger partial charge < -0.3 is 15.8 Å². The minimum atomic E-state index is -0.504. The zero-order chi connectivity index (χ0) is 13.7. The van der Waals surface area contributed by atoms with Crippen LogP contribution in [0.2, 0.25) is 5.02 Å². The molecule has 0 aromatic heterocycles. The minimum Gasteiger partial charge on any atom is -0.495 e. The van der Waals surface area contributed by atoms with Crippen molar-refractivity contribution in [3.05, 3.63) is 22.7 Å². The van der Waals surface area contributed by atoms with Crippen LogP contribution >= 0.6 is 11.6 Å². The van der Waals surface area contributed by atoms with E-state index >= 15 is 0 Å². The number of hydrogen-bond donors (Lipinski definition) is 2. The Morgan fingerprint density at radius 1 is 1.56 bits per heavy atom. The third-order valence-corrected chi connectivity index (χ3v) is 3.08. The molecule has 0 aliphatic carbocycles. The van der Waals surface area contributed by atoms with Gasteiger partial charge in [0.1, 0.15) is 5.75 Å². The number of amides is 1. The van der Waals surface area contributed by atoms with Gasteiger partial charge in [0.15, 0.2) is 0 Å². The molecule has 1 aromatic rings. The molecule has 0 heterocycles. The number of ether oxygens (including phenoxy) is 1. The van der Waals surface area contributed by atoms with Crippen LogP contribution in [0.15, 0.2) is 12.1 Å². The van der Waals surface area contributed by atoms with Crippen molar-refractivity contribution in [1.82, 2.24) is 0 Å². The summed E-state index contributed by atoms with van der Waals surface area (Å²) >= 11 is 6.00. The number of carbonyl (C=O) groups is 1. The van der Waals surface area contributed by atoms with E-state index < -0.39 is 6.04 Å². The van der Waals surface area contributed by atoms with Gasteiger partial charge >= 0.3 is 0 Å². The Labute approximate surface area is 112 Å². The topological polar surface area (TPSA) is 64.4 Å². The summed E-state index contributed by atoms with van der Waals surface area (Å²) in [4.78, 5) is 11.8. The maximum Gasteiger partial charge on any atom is 0.241 e. The average Bonchev–Trinajstić information content (AvgIpc) is 2.33. The zero-order valence-corrected chi connectivity index (χ0v) is 11.7. The monoisotopic (exact) mass is 270 g/mol. The lowest BCUT2D eigenvalue weighted by Gasteiger charge is -2.15. The first-order chi connectivity index (χ1) is 8.49. The SMILES string of the molecule is CCCC(N)C(=O)Nc1cc(C)c(Cl)cc1OC. The third kappa shape index (κ3) is 3.62. The summed E-state index contributed by atoms with van der Waals surface area (Å²) in [5.41, 5.74) is 7.22. The first-order valence-corrected chi connectivity index (χ1v) is 6.28. The molecular formula is C13H19ClN2O2. The molecular weight excluding hydrogens is 252 g/mol. The van der Waals surface area contributed by atoms with Gasteiger partial charge in [-0.15, -0.1) is 0 Å². The van der Waals surface area contributed by atoms with E-state index in [-0.39, 0.29) is 5.91 Å². The fraction of sp³-hybridized carbons (Fsp3) is 0.462. The molecule has 18 heavy (non-hydrogen) atoms. The van der Waals surface area contributed by atoms with Crippen LogP contribution in [0.5, 0.6) is 5.75 Å². The van der Waals surface area contributed by atoms with Crippen molar-refractivity contribution in [1.29, 1.82) is 0 Å². The highest BCUT2D eigenvalue weighted by Gasteiger charge is 2.15. The Balaban J connectivity index is 2.90. The largest absolute Gasteiger partial charge is 0.495 e. The van der Waals surface area contributed by atoms with Crippen LogP contribution in [-0.2, 0) is 4.79 Å². The van der Waals surface area contributed by atoms with E-state index in [9.17, 15) is 4.79 Å². The van der Waals surface area contributed by atoms with Crippen molar-refractivity contribution in [2.75, 3.05) is 12.4 Å². The predicted octanol–water partition coefficient (Wildman–Crippen LogP) is 2.72. The van der Waals surface area contributed by atoms with Crippen molar-refractivity contribution in [3.8, 4) is 5.75 Å². The molecule has 0 spiro atoms. The Morgan fingerprint density at radius 3 is 2.78 bits per heavy atom. The molecule has 0 saturated heterocycles. The number of anilines is 1. The summed E-state index contributed by atoms with van der Waals surface area (Å²) in [5.74, 6) is 0.319. The van der Waals surface area contributed by atoms with E-state index in [4.69, 9.17) is 22.1 Å². The number of aryl methyl sites for hydroxylation is 1. The summed E-state index contributed by atoms with van der Waals surface area (Å²) in [5, 5.41) is 3.37. The maximum atomic E-state index is 11.8. The molecule has 1 aromatic carbocycles. The van der Waals surface area contributed by atoms with Gasteiger partial charge in [-0.1, -0.05) is 24.9 Å². The molecule has 100 valence electrons. The maximum absolute atomic E-state index is 11.8. The van der Waals surface area contributed by atoms with E-state index in [0.29, 0.717) is 22.9 Å². The molecule has 0 fully saturated rings. The molecule has 3 N–H and O–H groups in total. The number of halogens is 1. The van der Waals surface area contributed by atoms with E-state index in [1.165, 1.54) is 7.11 Å². The van der Waals surface area contributed by atoms with E-state index in [0.717, 1.165) is 12.0 Å². The fourth-order valence-electron chi connectivity index (χ4n) is 1.60. The number of nitrogens with one attached hydrogen (secondary N) is 1. The molecule has 0 saturated carbocycles. The van der Waals surface area contributed by atoms with Gasteiger partial charge in [-0.3, -0.25) is 4.79 Å². The van der Waals surface area contributed by atoms with Crippen LogP contribution < -0.4 is 15.8 Å². The van der Waals surface area contributed by atoms with Gasteiger partial charge in [0.05, 0.1) is 18.8 Å². The van der Waals surface area contributed by atoms with Crippen molar-refractivity contribution in [3.63, 3.8) is 0 Å². The summed E-state index contributed by atoms with van der Waals surface area (Å²) in [7, 11) is 1.53. The third-order valence-electron chi connectivity index (χ3n) is 2.68. The molecule has 1 unspecified atom stereocenters. The van der Waals surface area contributed by atoms with Crippen LogP contribution in [-0.4, -0.2) is 19.1 Å². The zero-order valence-electron chi connectivity index (χ0n) is 10.9. The quantitative estimate of drug-likeness (QED) is 0.865. The standard InChI is InChI=1S/C13H19ClN2O2/c1-4-5-10(15)13(17)16-11-6-8(2)9(14)7-12(11)18-3/h6-7,10H,4-5,15H2,1-3H3,(H,16,17). The summed E-state index contributed by atoms with van der Waals surface area (Å²) in [6.07, 6.45) is 1.52. The first-order valence-electron chi connectivity index (χ1n) is 5.90. The highest BCUT2D eigenvalue weighted by atomic mass is 35.5. The number of benzene rings is 1. The van der Waals surface area contributed by atoms with Crippen molar-refractivity contribution in [2.24, 2.45) is 5.73 Å². The van der Waals surface area contributed by atoms with Gasteiger partial charge in [0.25, 0.3) is 0 Å². The number of hydrogen-bond acceptors (Lipinski definition) is 3. The second kappa shape index (κ2) is 6.61. The average molecular weight is 271 g/mol. The lowest BCUT2D eigenvalue weighted by molar-refractivity contribution is -0.117. The predicted molar refractivity (Wildman–Crippen MR) is 74.3 cm³/mol. The molecule has 0 bridgehead atoms. The Morgan fingerprint density at radius 2 is 2.22 bits per heavy atom. The van der Waals surface area contributed by atoms with Crippen LogP contribution in [0.4, 0.5) is 5.69 Å². The minimum absolute atomic E-state index is 0.211. The lowest BCUT2D eigenvalue weighted by atomic mass is 10.1. The lowest BCUT2D eigenvalue weighted by Crippen LogP contribution is -2.35. The van der Waals surface area contributed by atoms with Crippen LogP contribution in [0, 0.1) is 6.92 Å². The summed E-state index contributed by atoms with van der Waals surface area (Å²) in [6, 6.07) is 2.95. The molecule has 1 rings (SSSR count). The fourth-order valence-corrected chi connectivity index (χ4v) is 1.75. The van der Waals surface area contributed by atoms with Gasteiger partial charge in [-0.2, -0.15) is 0 Å². The molecule has 1 atom stereocenters. The second-order valence-electron chi connectivity index (χ2n) is 4.19. The number of rotatable bonds is 5. The molecule has 1 amide bonds. The van der Waals surface area contributed by atoms with E-state index in [2.05, 4.69) is 5.32 Å². The van der Waals surface area contributed by atoms with E-state index in [1.807, 2.05) is 13.8 Å². The van der Waals surface area contributed by atoms with Crippen molar-refractivity contribution in [2.45, 2.75) is 32.7 Å². The van der Waals surface area contributed by atoms with Crippen molar-refractivity contribution >= 4 is 23.2 Å². The number of methoxy groups -OCH3 is 1. The highest BCUT2D eigenvalue weighted by molar-refractivity contribution is 6.31. The smallest absolute Gasteiger partial charge is 0.241 e. The van der Waals surface area contributed by atoms with Gasteiger partial charge in [-0.25, -0.2) is 0 Å². The normalized spacial score (nSPS) is 12.1. The Bertz CT molecular complexity index is 435. The van der Waals surface area contributed by atoms with Crippen LogP contribution in [0.1, 0.15) is 25.3 Å². The van der Waals surface area contributed by atoms with Gasteiger partial charge in [0, 0.05) is 11.1 Å². The van der Waals surface area contributed by atoms with Gasteiger partial charge in [0.2, 0.25) is 5.91 Å². The second-order valence-corrected chi connectivity index (χ2v) is 4.59. The molecule has 4 nitrogen and oxygen atoms in total. The van der Waals surface area contributed by atoms with Crippen molar-refractivity contribution < 1.29 is 9.53 Å². The van der Waals surface area contributed by atoms with Crippen LogP contribution in [0.3, 0.4) is 0 Å².